The smallest absolute Gasteiger partial charge is 0.258 e. The SMILES string of the molecule is CC(C)(C)CNS(=O)(=O)c1cccc(F)c1[N+](=O)[O-]. The number of halogens is 1. The number of rotatable bonds is 4. The number of nitro groups is 1. The summed E-state index contributed by atoms with van der Waals surface area (Å²) < 4.78 is 39.6. The molecule has 0 amide bonds. The Morgan fingerprint density at radius 1 is 1.37 bits per heavy atom. The van der Waals surface area contributed by atoms with E-state index in [0.717, 1.165) is 18.2 Å². The molecule has 0 aliphatic carbocycles. The molecule has 1 N–H and O–H groups in total. The van der Waals surface area contributed by atoms with Crippen LogP contribution < -0.4 is 4.72 Å². The van der Waals surface area contributed by atoms with Gasteiger partial charge in [0.25, 0.3) is 0 Å². The van der Waals surface area contributed by atoms with Crippen molar-refractivity contribution in [2.45, 2.75) is 25.7 Å². The van der Waals surface area contributed by atoms with Crippen LogP contribution in [0.15, 0.2) is 23.1 Å². The lowest BCUT2D eigenvalue weighted by Crippen LogP contribution is -2.32. The molecule has 6 nitrogen and oxygen atoms in total. The van der Waals surface area contributed by atoms with Gasteiger partial charge < -0.3 is 0 Å². The maximum atomic E-state index is 13.4. The quantitative estimate of drug-likeness (QED) is 0.679. The Morgan fingerprint density at radius 3 is 2.42 bits per heavy atom. The highest BCUT2D eigenvalue weighted by atomic mass is 32.2. The van der Waals surface area contributed by atoms with Crippen molar-refractivity contribution >= 4 is 15.7 Å². The second-order valence-electron chi connectivity index (χ2n) is 5.23. The number of sulfonamides is 1. The maximum absolute atomic E-state index is 13.4. The first kappa shape index (κ1) is 15.5. The van der Waals surface area contributed by atoms with Crippen LogP contribution in [0, 0.1) is 21.3 Å². The van der Waals surface area contributed by atoms with E-state index < -0.39 is 31.3 Å². The van der Waals surface area contributed by atoms with Gasteiger partial charge in [-0.3, -0.25) is 10.1 Å². The molecule has 0 heterocycles. The molecule has 8 heteroatoms. The highest BCUT2D eigenvalue weighted by molar-refractivity contribution is 7.89. The molecule has 0 saturated carbocycles. The molecule has 106 valence electrons. The van der Waals surface area contributed by atoms with Crippen molar-refractivity contribution in [2.75, 3.05) is 6.54 Å². The van der Waals surface area contributed by atoms with Gasteiger partial charge in [0, 0.05) is 6.54 Å². The van der Waals surface area contributed by atoms with Gasteiger partial charge in [0.2, 0.25) is 15.8 Å². The van der Waals surface area contributed by atoms with E-state index in [2.05, 4.69) is 4.72 Å². The Labute approximate surface area is 110 Å². The fraction of sp³-hybridized carbons (Fsp3) is 0.455. The molecular weight excluding hydrogens is 275 g/mol. The van der Waals surface area contributed by atoms with Crippen LogP contribution in [0.4, 0.5) is 10.1 Å². The molecule has 0 atom stereocenters. The summed E-state index contributed by atoms with van der Waals surface area (Å²) in [6, 6.07) is 2.97. The summed E-state index contributed by atoms with van der Waals surface area (Å²) in [7, 11) is -4.12. The zero-order valence-electron chi connectivity index (χ0n) is 10.8. The van der Waals surface area contributed by atoms with Gasteiger partial charge in [-0.05, 0) is 17.5 Å². The Balaban J connectivity index is 3.23. The van der Waals surface area contributed by atoms with E-state index >= 15 is 0 Å². The van der Waals surface area contributed by atoms with Gasteiger partial charge in [0.05, 0.1) is 4.92 Å². The lowest BCUT2D eigenvalue weighted by atomic mass is 9.98. The predicted molar refractivity (Wildman–Crippen MR) is 67.7 cm³/mol. The van der Waals surface area contributed by atoms with Crippen molar-refractivity contribution < 1.29 is 17.7 Å². The van der Waals surface area contributed by atoms with Gasteiger partial charge in [-0.2, -0.15) is 4.39 Å². The molecule has 0 bridgehead atoms. The van der Waals surface area contributed by atoms with Crippen LogP contribution in [0.3, 0.4) is 0 Å². The number of para-hydroxylation sites is 1. The van der Waals surface area contributed by atoms with Gasteiger partial charge in [-0.15, -0.1) is 0 Å². The summed E-state index contributed by atoms with van der Waals surface area (Å²) >= 11 is 0. The standard InChI is InChI=1S/C11H15FN2O4S/c1-11(2,3)7-13-19(17,18)9-6-4-5-8(12)10(9)14(15)16/h4-6,13H,7H2,1-3H3. The van der Waals surface area contributed by atoms with Gasteiger partial charge in [-0.25, -0.2) is 13.1 Å². The van der Waals surface area contributed by atoms with Crippen molar-refractivity contribution in [3.63, 3.8) is 0 Å². The number of nitrogens with one attached hydrogen (secondary N) is 1. The van der Waals surface area contributed by atoms with E-state index in [1.807, 2.05) is 0 Å². The fourth-order valence-electron chi connectivity index (χ4n) is 1.28. The van der Waals surface area contributed by atoms with Gasteiger partial charge in [0.15, 0.2) is 4.90 Å². The largest absolute Gasteiger partial charge is 0.324 e. The Kier molecular flexibility index (Phi) is 4.26. The van der Waals surface area contributed by atoms with Crippen molar-refractivity contribution in [1.82, 2.24) is 4.72 Å². The number of nitro benzene ring substituents is 1. The predicted octanol–water partition coefficient (Wildman–Crippen LogP) is 2.06. The summed E-state index contributed by atoms with van der Waals surface area (Å²) in [5.41, 5.74) is -1.38. The maximum Gasteiger partial charge on any atom is 0.324 e. The highest BCUT2D eigenvalue weighted by Gasteiger charge is 2.30. The molecule has 0 aromatic heterocycles. The first-order valence-corrected chi connectivity index (χ1v) is 6.95. The summed E-state index contributed by atoms with van der Waals surface area (Å²) in [6.45, 7) is 5.49. The molecule has 1 aromatic carbocycles. The minimum absolute atomic E-state index is 0.0863. The van der Waals surface area contributed by atoms with Crippen molar-refractivity contribution in [3.05, 3.63) is 34.1 Å². The van der Waals surface area contributed by atoms with Crippen LogP contribution >= 0.6 is 0 Å². The zero-order chi connectivity index (χ0) is 14.8. The number of hydrogen-bond donors (Lipinski definition) is 1. The van der Waals surface area contributed by atoms with E-state index in [1.165, 1.54) is 0 Å². The van der Waals surface area contributed by atoms with Crippen LogP contribution in [0.1, 0.15) is 20.8 Å². The molecule has 1 aromatic rings. The van der Waals surface area contributed by atoms with Gasteiger partial charge in [0.1, 0.15) is 0 Å². The highest BCUT2D eigenvalue weighted by Crippen LogP contribution is 2.26. The third kappa shape index (κ3) is 3.97. The topological polar surface area (TPSA) is 89.3 Å². The minimum atomic E-state index is -4.12. The summed E-state index contributed by atoms with van der Waals surface area (Å²) in [4.78, 5) is 9.06. The average Bonchev–Trinajstić information content (AvgIpc) is 2.25. The molecule has 0 unspecified atom stereocenters. The first-order valence-electron chi connectivity index (χ1n) is 5.47. The minimum Gasteiger partial charge on any atom is -0.258 e. The van der Waals surface area contributed by atoms with Crippen LogP contribution in [0.5, 0.6) is 0 Å². The Hall–Kier alpha value is -1.54. The van der Waals surface area contributed by atoms with Crippen molar-refractivity contribution in [2.24, 2.45) is 5.41 Å². The van der Waals surface area contributed by atoms with E-state index in [4.69, 9.17) is 0 Å². The third-order valence-corrected chi connectivity index (χ3v) is 3.65. The number of nitrogens with zero attached hydrogens (tertiary/aromatic N) is 1. The van der Waals surface area contributed by atoms with Crippen LogP contribution in [-0.4, -0.2) is 19.9 Å². The second-order valence-corrected chi connectivity index (χ2v) is 6.96. The molecule has 1 rings (SSSR count). The lowest BCUT2D eigenvalue weighted by molar-refractivity contribution is -0.390. The summed E-state index contributed by atoms with van der Waals surface area (Å²) in [6.07, 6.45) is 0. The average molecular weight is 290 g/mol. The molecule has 0 radical (unpaired) electrons. The molecule has 0 aliphatic rings. The molecule has 0 fully saturated rings. The molecule has 0 aliphatic heterocycles. The van der Waals surface area contributed by atoms with Crippen LogP contribution in [0.2, 0.25) is 0 Å². The third-order valence-electron chi connectivity index (χ3n) is 2.21. The van der Waals surface area contributed by atoms with Crippen molar-refractivity contribution in [1.29, 1.82) is 0 Å². The molecule has 19 heavy (non-hydrogen) atoms. The van der Waals surface area contributed by atoms with Crippen LogP contribution in [0.25, 0.3) is 0 Å². The second kappa shape index (κ2) is 5.22. The number of hydrogen-bond acceptors (Lipinski definition) is 4. The van der Waals surface area contributed by atoms with Gasteiger partial charge in [-0.1, -0.05) is 26.8 Å². The van der Waals surface area contributed by atoms with Crippen molar-refractivity contribution in [3.8, 4) is 0 Å². The Morgan fingerprint density at radius 2 is 1.95 bits per heavy atom. The van der Waals surface area contributed by atoms with E-state index in [-0.39, 0.29) is 12.0 Å². The van der Waals surface area contributed by atoms with Crippen LogP contribution in [-0.2, 0) is 10.0 Å². The zero-order valence-corrected chi connectivity index (χ0v) is 11.6. The summed E-state index contributed by atoms with van der Waals surface area (Å²) in [5, 5.41) is 10.8. The molecular formula is C11H15FN2O4S. The molecule has 0 saturated heterocycles. The van der Waals surface area contributed by atoms with E-state index in [0.29, 0.717) is 0 Å². The monoisotopic (exact) mass is 290 g/mol. The number of benzene rings is 1. The van der Waals surface area contributed by atoms with Gasteiger partial charge >= 0.3 is 5.69 Å². The lowest BCUT2D eigenvalue weighted by Gasteiger charge is -2.18. The van der Waals surface area contributed by atoms with E-state index in [1.54, 1.807) is 20.8 Å². The fourth-order valence-corrected chi connectivity index (χ4v) is 2.74. The first-order chi connectivity index (χ1) is 8.54. The normalized spacial score (nSPS) is 12.4. The summed E-state index contributed by atoms with van der Waals surface area (Å²) in [5.74, 6) is -1.18. The van der Waals surface area contributed by atoms with E-state index in [9.17, 15) is 22.9 Å². The Bertz CT molecular complexity index is 593. The molecule has 0 spiro atoms.